The number of aromatic nitrogens is 5. The molecule has 0 N–H and O–H groups in total. The van der Waals surface area contributed by atoms with Crippen LogP contribution in [0.3, 0.4) is 0 Å². The van der Waals surface area contributed by atoms with Gasteiger partial charge in [0.1, 0.15) is 5.69 Å². The summed E-state index contributed by atoms with van der Waals surface area (Å²) in [6.07, 6.45) is 3.71. The molecule has 0 saturated heterocycles. The maximum Gasteiger partial charge on any atom is 0.291 e. The van der Waals surface area contributed by atoms with Crippen molar-refractivity contribution in [2.75, 3.05) is 0 Å². The van der Waals surface area contributed by atoms with E-state index >= 15 is 0 Å². The molecule has 0 amide bonds. The molecule has 36 heavy (non-hydrogen) atoms. The van der Waals surface area contributed by atoms with Crippen molar-refractivity contribution >= 4 is 57.2 Å². The summed E-state index contributed by atoms with van der Waals surface area (Å²) in [4.78, 5) is 18.2. The van der Waals surface area contributed by atoms with Crippen LogP contribution in [0, 0.1) is 0 Å². The van der Waals surface area contributed by atoms with E-state index in [-0.39, 0.29) is 5.56 Å². The third kappa shape index (κ3) is 4.20. The van der Waals surface area contributed by atoms with Crippen molar-refractivity contribution in [1.82, 2.24) is 24.4 Å². The van der Waals surface area contributed by atoms with Crippen LogP contribution in [0.15, 0.2) is 83.8 Å². The van der Waals surface area contributed by atoms with Crippen molar-refractivity contribution < 1.29 is 0 Å². The Morgan fingerprint density at radius 2 is 1.61 bits per heavy atom. The molecule has 0 bridgehead atoms. The van der Waals surface area contributed by atoms with Crippen molar-refractivity contribution in [3.05, 3.63) is 115 Å². The molecule has 0 aliphatic heterocycles. The van der Waals surface area contributed by atoms with E-state index in [2.05, 4.69) is 10.1 Å². The van der Waals surface area contributed by atoms with Gasteiger partial charge in [-0.25, -0.2) is 4.68 Å². The summed E-state index contributed by atoms with van der Waals surface area (Å²) >= 11 is 19.6. The Morgan fingerprint density at radius 1 is 0.861 bits per heavy atom. The molecule has 0 aliphatic carbocycles. The Hall–Kier alpha value is -3.49. The van der Waals surface area contributed by atoms with E-state index in [9.17, 15) is 4.79 Å². The van der Waals surface area contributed by atoms with Gasteiger partial charge in [-0.1, -0.05) is 76.5 Å². The molecule has 0 unspecified atom stereocenters. The lowest BCUT2D eigenvalue weighted by Crippen LogP contribution is -2.23. The second-order valence-electron chi connectivity index (χ2n) is 7.89. The minimum Gasteiger partial charge on any atom is -0.266 e. The van der Waals surface area contributed by atoms with Crippen LogP contribution < -0.4 is 10.1 Å². The molecule has 176 valence electrons. The summed E-state index contributed by atoms with van der Waals surface area (Å²) in [7, 11) is 0. The monoisotopic (exact) mass is 549 g/mol. The highest BCUT2D eigenvalue weighted by Gasteiger charge is 2.16. The Kier molecular flexibility index (Phi) is 5.85. The molecular formula is C26H14Cl3N5OS. The first-order valence-electron chi connectivity index (χ1n) is 10.7. The number of fused-ring (bicyclic) bond motifs is 1. The first-order valence-corrected chi connectivity index (χ1v) is 12.7. The molecule has 6 rings (SSSR count). The smallest absolute Gasteiger partial charge is 0.266 e. The SMILES string of the molecule is O=c1/c(=C\c2cn(-c3ccccc3)nc2-c2ccc(Cl)cc2)sc2nc(-c3ccc(Cl)cc3Cl)nn12. The van der Waals surface area contributed by atoms with E-state index in [1.165, 1.54) is 15.9 Å². The van der Waals surface area contributed by atoms with Crippen molar-refractivity contribution in [3.8, 4) is 28.3 Å². The molecule has 0 atom stereocenters. The van der Waals surface area contributed by atoms with Gasteiger partial charge in [0, 0.05) is 32.9 Å². The fraction of sp³-hybridized carbons (Fsp3) is 0. The van der Waals surface area contributed by atoms with E-state index in [1.807, 2.05) is 66.9 Å². The fourth-order valence-corrected chi connectivity index (χ4v) is 5.32. The molecule has 0 saturated carbocycles. The van der Waals surface area contributed by atoms with Gasteiger partial charge in [0.05, 0.1) is 15.2 Å². The van der Waals surface area contributed by atoms with Crippen LogP contribution in [0.25, 0.3) is 39.4 Å². The number of para-hydroxylation sites is 1. The predicted molar refractivity (Wildman–Crippen MR) is 145 cm³/mol. The molecule has 6 nitrogen and oxygen atoms in total. The maximum absolute atomic E-state index is 13.2. The molecule has 10 heteroatoms. The fourth-order valence-electron chi connectivity index (χ4n) is 3.80. The maximum atomic E-state index is 13.2. The highest BCUT2D eigenvalue weighted by atomic mass is 35.5. The van der Waals surface area contributed by atoms with Gasteiger partial charge in [-0.05, 0) is 48.5 Å². The minimum atomic E-state index is -0.270. The third-order valence-corrected chi connectivity index (χ3v) is 7.28. The van der Waals surface area contributed by atoms with Gasteiger partial charge < -0.3 is 0 Å². The summed E-state index contributed by atoms with van der Waals surface area (Å²) in [6, 6.07) is 22.3. The van der Waals surface area contributed by atoms with Crippen LogP contribution >= 0.6 is 46.1 Å². The van der Waals surface area contributed by atoms with Crippen molar-refractivity contribution in [2.24, 2.45) is 0 Å². The zero-order valence-corrected chi connectivity index (χ0v) is 21.4. The number of nitrogens with zero attached hydrogens (tertiary/aromatic N) is 5. The topological polar surface area (TPSA) is 65.1 Å². The summed E-state index contributed by atoms with van der Waals surface area (Å²) in [6.45, 7) is 0. The van der Waals surface area contributed by atoms with Crippen LogP contribution in [0.1, 0.15) is 5.56 Å². The number of benzene rings is 3. The Labute approximate surface area is 223 Å². The summed E-state index contributed by atoms with van der Waals surface area (Å²) in [5.41, 5.74) is 3.63. The van der Waals surface area contributed by atoms with Gasteiger partial charge in [0.2, 0.25) is 4.96 Å². The molecule has 6 aromatic rings. The number of hydrogen-bond donors (Lipinski definition) is 0. The number of halogens is 3. The molecule has 0 aliphatic rings. The third-order valence-electron chi connectivity index (χ3n) is 5.52. The minimum absolute atomic E-state index is 0.270. The van der Waals surface area contributed by atoms with E-state index in [4.69, 9.17) is 39.9 Å². The second kappa shape index (κ2) is 9.19. The first kappa shape index (κ1) is 22.9. The van der Waals surface area contributed by atoms with Crippen molar-refractivity contribution in [2.45, 2.75) is 0 Å². The largest absolute Gasteiger partial charge is 0.291 e. The van der Waals surface area contributed by atoms with Crippen molar-refractivity contribution in [3.63, 3.8) is 0 Å². The molecular weight excluding hydrogens is 537 g/mol. The number of rotatable bonds is 4. The summed E-state index contributed by atoms with van der Waals surface area (Å²) < 4.78 is 3.57. The van der Waals surface area contributed by atoms with Gasteiger partial charge >= 0.3 is 0 Å². The highest BCUT2D eigenvalue weighted by Crippen LogP contribution is 2.29. The van der Waals surface area contributed by atoms with Crippen LogP contribution in [-0.4, -0.2) is 24.4 Å². The number of thiazole rings is 1. The first-order chi connectivity index (χ1) is 17.5. The normalized spacial score (nSPS) is 12.0. The Morgan fingerprint density at radius 3 is 2.33 bits per heavy atom. The number of hydrogen-bond acceptors (Lipinski definition) is 5. The van der Waals surface area contributed by atoms with Crippen LogP contribution in [0.5, 0.6) is 0 Å². The van der Waals surface area contributed by atoms with Gasteiger partial charge in [-0.15, -0.1) is 5.10 Å². The standard InChI is InChI=1S/C26H14Cl3N5OS/c27-17-8-6-15(7-9-17)23-16(14-33(31-23)19-4-2-1-3-5-19)12-22-25(35)34-26(36-22)30-24(32-34)20-11-10-18(28)13-21(20)29/h1-14H/b22-12+. The van der Waals surface area contributed by atoms with Crippen LogP contribution in [0.2, 0.25) is 15.1 Å². The molecule has 3 heterocycles. The lowest BCUT2D eigenvalue weighted by Gasteiger charge is -2.00. The average molecular weight is 551 g/mol. The van der Waals surface area contributed by atoms with Crippen molar-refractivity contribution in [1.29, 1.82) is 0 Å². The van der Waals surface area contributed by atoms with E-state index in [0.717, 1.165) is 22.5 Å². The van der Waals surface area contributed by atoms with Gasteiger partial charge in [-0.2, -0.15) is 14.6 Å². The summed E-state index contributed by atoms with van der Waals surface area (Å²) in [5, 5.41) is 10.8. The highest BCUT2D eigenvalue weighted by molar-refractivity contribution is 7.15. The molecule has 0 radical (unpaired) electrons. The van der Waals surface area contributed by atoms with Crippen LogP contribution in [-0.2, 0) is 0 Å². The van der Waals surface area contributed by atoms with Crippen LogP contribution in [0.4, 0.5) is 0 Å². The molecule has 0 spiro atoms. The van der Waals surface area contributed by atoms with Gasteiger partial charge in [0.25, 0.3) is 5.56 Å². The van der Waals surface area contributed by atoms with E-state index in [1.54, 1.807) is 22.9 Å². The quantitative estimate of drug-likeness (QED) is 0.263. The van der Waals surface area contributed by atoms with Gasteiger partial charge in [-0.3, -0.25) is 4.79 Å². The predicted octanol–water partition coefficient (Wildman–Crippen LogP) is 6.18. The van der Waals surface area contributed by atoms with E-state index < -0.39 is 0 Å². The zero-order chi connectivity index (χ0) is 24.8. The molecule has 3 aromatic carbocycles. The Bertz CT molecular complexity index is 1840. The molecule has 0 fully saturated rings. The average Bonchev–Trinajstić information content (AvgIpc) is 3.56. The Balaban J connectivity index is 1.48. The lowest BCUT2D eigenvalue weighted by atomic mass is 10.1. The second-order valence-corrected chi connectivity index (χ2v) is 10.2. The van der Waals surface area contributed by atoms with E-state index in [0.29, 0.717) is 35.9 Å². The van der Waals surface area contributed by atoms with Gasteiger partial charge in [0.15, 0.2) is 5.82 Å². The molecule has 3 aromatic heterocycles. The zero-order valence-electron chi connectivity index (χ0n) is 18.3. The summed E-state index contributed by atoms with van der Waals surface area (Å²) in [5.74, 6) is 0.366. The lowest BCUT2D eigenvalue weighted by molar-refractivity contribution is 0.884.